The molecule has 0 bridgehead atoms. The van der Waals surface area contributed by atoms with Gasteiger partial charge < -0.3 is 5.73 Å². The number of pyridine rings is 3. The van der Waals surface area contributed by atoms with Crippen LogP contribution in [0, 0.1) is 13.8 Å². The first-order valence-corrected chi connectivity index (χ1v) is 10.0. The van der Waals surface area contributed by atoms with Crippen LogP contribution in [-0.2, 0) is 11.3 Å². The average molecular weight is 404 g/mol. The van der Waals surface area contributed by atoms with Gasteiger partial charge in [-0.05, 0) is 49.2 Å². The Morgan fingerprint density at radius 2 is 2.00 bits per heavy atom. The molecule has 29 heavy (non-hydrogen) atoms. The number of primary amides is 1. The van der Waals surface area contributed by atoms with Crippen molar-refractivity contribution in [3.63, 3.8) is 0 Å². The van der Waals surface area contributed by atoms with Crippen molar-refractivity contribution in [1.29, 1.82) is 0 Å². The second-order valence-electron chi connectivity index (χ2n) is 6.79. The molecule has 0 fully saturated rings. The number of carbonyl (C=O) groups excluding carboxylic acids is 1. The zero-order valence-corrected chi connectivity index (χ0v) is 16.9. The van der Waals surface area contributed by atoms with E-state index in [0.717, 1.165) is 33.8 Å². The van der Waals surface area contributed by atoms with Gasteiger partial charge in [0.05, 0.1) is 17.9 Å². The molecule has 0 aromatic carbocycles. The molecule has 1 atom stereocenters. The van der Waals surface area contributed by atoms with Gasteiger partial charge in [-0.2, -0.15) is 5.10 Å². The molecule has 1 aliphatic heterocycles. The van der Waals surface area contributed by atoms with Gasteiger partial charge >= 0.3 is 0 Å². The molecule has 2 N–H and O–H groups in total. The number of aromatic nitrogens is 3. The SMILES string of the molecule is Cc1cc(-c2ncc(CN3N=C(c4ccccn4)SC3C(N)=O)cc2C)ccn1. The number of thioether (sulfide) groups is 1. The molecule has 8 heteroatoms. The number of amides is 1. The molecule has 1 amide bonds. The number of hydrazone groups is 1. The zero-order chi connectivity index (χ0) is 20.4. The minimum Gasteiger partial charge on any atom is -0.367 e. The topological polar surface area (TPSA) is 97.4 Å². The van der Waals surface area contributed by atoms with Crippen LogP contribution in [0.5, 0.6) is 0 Å². The molecule has 0 saturated heterocycles. The van der Waals surface area contributed by atoms with Crippen LogP contribution < -0.4 is 5.73 Å². The van der Waals surface area contributed by atoms with Crippen molar-refractivity contribution in [2.24, 2.45) is 10.8 Å². The molecule has 1 unspecified atom stereocenters. The van der Waals surface area contributed by atoms with Crippen molar-refractivity contribution in [3.05, 3.63) is 77.5 Å². The number of nitrogens with two attached hydrogens (primary N) is 1. The largest absolute Gasteiger partial charge is 0.367 e. The third-order valence-electron chi connectivity index (χ3n) is 4.49. The highest BCUT2D eigenvalue weighted by molar-refractivity contribution is 8.15. The van der Waals surface area contributed by atoms with Gasteiger partial charge in [-0.15, -0.1) is 0 Å². The number of aryl methyl sites for hydroxylation is 2. The normalized spacial score (nSPS) is 16.0. The molecular formula is C21H20N6OS. The summed E-state index contributed by atoms with van der Waals surface area (Å²) in [5.41, 5.74) is 11.2. The first kappa shape index (κ1) is 19.1. The van der Waals surface area contributed by atoms with Crippen LogP contribution in [0.1, 0.15) is 22.5 Å². The molecule has 4 heterocycles. The fraction of sp³-hybridized carbons (Fsp3) is 0.190. The van der Waals surface area contributed by atoms with Gasteiger partial charge in [-0.25, -0.2) is 0 Å². The number of hydrogen-bond donors (Lipinski definition) is 1. The fourth-order valence-corrected chi connectivity index (χ4v) is 4.15. The van der Waals surface area contributed by atoms with E-state index in [2.05, 4.69) is 26.1 Å². The van der Waals surface area contributed by atoms with Crippen LogP contribution >= 0.6 is 11.8 Å². The first-order chi connectivity index (χ1) is 14.0. The average Bonchev–Trinajstić information content (AvgIpc) is 3.13. The maximum atomic E-state index is 12.0. The highest BCUT2D eigenvalue weighted by Gasteiger charge is 2.33. The van der Waals surface area contributed by atoms with Gasteiger partial charge in [0.15, 0.2) is 5.37 Å². The molecule has 0 aliphatic carbocycles. The molecular weight excluding hydrogens is 384 g/mol. The second-order valence-corrected chi connectivity index (χ2v) is 7.85. The van der Waals surface area contributed by atoms with Gasteiger partial charge in [0.25, 0.3) is 5.91 Å². The van der Waals surface area contributed by atoms with Gasteiger partial charge in [0.2, 0.25) is 0 Å². The maximum Gasteiger partial charge on any atom is 0.252 e. The van der Waals surface area contributed by atoms with E-state index in [4.69, 9.17) is 5.73 Å². The Balaban J connectivity index is 1.59. The lowest BCUT2D eigenvalue weighted by Crippen LogP contribution is -2.36. The molecule has 0 radical (unpaired) electrons. The summed E-state index contributed by atoms with van der Waals surface area (Å²) in [6.07, 6.45) is 5.30. The Labute approximate surface area is 173 Å². The zero-order valence-electron chi connectivity index (χ0n) is 16.1. The summed E-state index contributed by atoms with van der Waals surface area (Å²) in [5.74, 6) is -0.432. The van der Waals surface area contributed by atoms with E-state index in [1.807, 2.05) is 50.4 Å². The van der Waals surface area contributed by atoms with Crippen LogP contribution in [0.4, 0.5) is 0 Å². The lowest BCUT2D eigenvalue weighted by molar-refractivity contribution is -0.120. The molecule has 0 saturated carbocycles. The monoisotopic (exact) mass is 404 g/mol. The molecule has 3 aromatic rings. The summed E-state index contributed by atoms with van der Waals surface area (Å²) in [4.78, 5) is 25.2. The standard InChI is InChI=1S/C21H20N6OS/c1-13-9-15(11-25-18(13)16-6-8-23-14(2)10-16)12-27-21(19(22)28)29-20(26-27)17-5-3-4-7-24-17/h3-11,21H,12H2,1-2H3,(H2,22,28). The van der Waals surface area contributed by atoms with E-state index in [-0.39, 0.29) is 0 Å². The summed E-state index contributed by atoms with van der Waals surface area (Å²) >= 11 is 1.32. The number of nitrogens with zero attached hydrogens (tertiary/aromatic N) is 5. The van der Waals surface area contributed by atoms with Gasteiger partial charge in [-0.1, -0.05) is 23.9 Å². The summed E-state index contributed by atoms with van der Waals surface area (Å²) in [7, 11) is 0. The number of rotatable bonds is 5. The van der Waals surface area contributed by atoms with Gasteiger partial charge in [-0.3, -0.25) is 24.8 Å². The first-order valence-electron chi connectivity index (χ1n) is 9.12. The Hall–Kier alpha value is -3.26. The lowest BCUT2D eigenvalue weighted by atomic mass is 10.1. The van der Waals surface area contributed by atoms with E-state index >= 15 is 0 Å². The van der Waals surface area contributed by atoms with Crippen molar-refractivity contribution < 1.29 is 4.79 Å². The maximum absolute atomic E-state index is 12.0. The predicted octanol–water partition coefficient (Wildman–Crippen LogP) is 2.88. The van der Waals surface area contributed by atoms with E-state index in [9.17, 15) is 4.79 Å². The minimum atomic E-state index is -0.574. The van der Waals surface area contributed by atoms with Gasteiger partial charge in [0.1, 0.15) is 5.04 Å². The molecule has 1 aliphatic rings. The van der Waals surface area contributed by atoms with E-state index in [1.54, 1.807) is 17.4 Å². The summed E-state index contributed by atoms with van der Waals surface area (Å²) in [5, 5.41) is 6.40. The Morgan fingerprint density at radius 1 is 1.14 bits per heavy atom. The van der Waals surface area contributed by atoms with Crippen molar-refractivity contribution >= 4 is 22.7 Å². The third-order valence-corrected chi connectivity index (χ3v) is 5.70. The lowest BCUT2D eigenvalue weighted by Gasteiger charge is -2.20. The van der Waals surface area contributed by atoms with Crippen molar-refractivity contribution in [1.82, 2.24) is 20.0 Å². The highest BCUT2D eigenvalue weighted by atomic mass is 32.2. The minimum absolute atomic E-state index is 0.431. The Kier molecular flexibility index (Phi) is 5.26. The summed E-state index contributed by atoms with van der Waals surface area (Å²) in [6, 6.07) is 11.6. The molecule has 4 rings (SSSR count). The quantitative estimate of drug-likeness (QED) is 0.702. The van der Waals surface area contributed by atoms with Crippen molar-refractivity contribution in [2.75, 3.05) is 0 Å². The third kappa shape index (κ3) is 4.12. The number of carbonyl (C=O) groups is 1. The smallest absolute Gasteiger partial charge is 0.252 e. The van der Waals surface area contributed by atoms with E-state index < -0.39 is 11.3 Å². The Morgan fingerprint density at radius 3 is 2.69 bits per heavy atom. The van der Waals surface area contributed by atoms with Crippen molar-refractivity contribution in [2.45, 2.75) is 25.8 Å². The van der Waals surface area contributed by atoms with Gasteiger partial charge in [0, 0.05) is 29.8 Å². The van der Waals surface area contributed by atoms with Crippen molar-refractivity contribution in [3.8, 4) is 11.3 Å². The highest BCUT2D eigenvalue weighted by Crippen LogP contribution is 2.31. The Bertz CT molecular complexity index is 1090. The molecule has 0 spiro atoms. The molecule has 146 valence electrons. The van der Waals surface area contributed by atoms with Crippen LogP contribution in [0.25, 0.3) is 11.3 Å². The predicted molar refractivity (Wildman–Crippen MR) is 114 cm³/mol. The van der Waals surface area contributed by atoms with E-state index in [0.29, 0.717) is 11.6 Å². The van der Waals surface area contributed by atoms with Crippen LogP contribution in [0.2, 0.25) is 0 Å². The van der Waals surface area contributed by atoms with Crippen LogP contribution in [-0.4, -0.2) is 36.3 Å². The molecule has 7 nitrogen and oxygen atoms in total. The van der Waals surface area contributed by atoms with E-state index in [1.165, 1.54) is 11.8 Å². The van der Waals surface area contributed by atoms with Crippen LogP contribution in [0.3, 0.4) is 0 Å². The number of hydrogen-bond acceptors (Lipinski definition) is 7. The summed E-state index contributed by atoms with van der Waals surface area (Å²) in [6.45, 7) is 4.41. The molecule has 3 aromatic heterocycles. The second kappa shape index (κ2) is 8.00. The van der Waals surface area contributed by atoms with Crippen LogP contribution in [0.15, 0.2) is 60.1 Å². The fourth-order valence-electron chi connectivity index (χ4n) is 3.18. The summed E-state index contributed by atoms with van der Waals surface area (Å²) < 4.78 is 0.